The molecule has 1 aromatic rings. The van der Waals surface area contributed by atoms with Crippen molar-refractivity contribution >= 4 is 29.2 Å². The highest BCUT2D eigenvalue weighted by Crippen LogP contribution is 2.15. The van der Waals surface area contributed by atoms with E-state index in [9.17, 15) is 14.7 Å². The largest absolute Gasteiger partial charge is 0.480 e. The van der Waals surface area contributed by atoms with Crippen LogP contribution in [-0.2, 0) is 9.59 Å². The first-order valence-corrected chi connectivity index (χ1v) is 10.9. The van der Waals surface area contributed by atoms with E-state index in [-0.39, 0.29) is 12.3 Å². The van der Waals surface area contributed by atoms with Crippen molar-refractivity contribution in [3.63, 3.8) is 0 Å². The van der Waals surface area contributed by atoms with E-state index in [1.807, 2.05) is 0 Å². The zero-order valence-corrected chi connectivity index (χ0v) is 17.8. The predicted octanol–water partition coefficient (Wildman–Crippen LogP) is 5.63. The number of hydrogen-bond donors (Lipinski definition) is 3. The van der Waals surface area contributed by atoms with Crippen LogP contribution in [0.25, 0.3) is 0 Å². The van der Waals surface area contributed by atoms with Crippen molar-refractivity contribution in [1.29, 1.82) is 0 Å². The maximum Gasteiger partial charge on any atom is 0.321 e. The van der Waals surface area contributed by atoms with Gasteiger partial charge >= 0.3 is 5.97 Å². The van der Waals surface area contributed by atoms with Crippen molar-refractivity contribution < 1.29 is 14.7 Å². The molecule has 0 aliphatic carbocycles. The van der Waals surface area contributed by atoms with Gasteiger partial charge in [-0.1, -0.05) is 82.4 Å². The lowest BCUT2D eigenvalue weighted by Gasteiger charge is -2.14. The summed E-state index contributed by atoms with van der Waals surface area (Å²) in [4.78, 5) is 23.5. The first-order valence-electron chi connectivity index (χ1n) is 10.5. The Kier molecular flexibility index (Phi) is 13.4. The molecular formula is C22H35ClN2O3. The summed E-state index contributed by atoms with van der Waals surface area (Å²) in [6.07, 6.45) is 12.3. The summed E-state index contributed by atoms with van der Waals surface area (Å²) in [5, 5.41) is 15.5. The molecule has 0 spiro atoms. The van der Waals surface area contributed by atoms with Gasteiger partial charge in [0.2, 0.25) is 5.91 Å². The molecule has 158 valence electrons. The number of rotatable bonds is 16. The molecule has 0 radical (unpaired) electrons. The third-order valence-corrected chi connectivity index (χ3v) is 4.95. The lowest BCUT2D eigenvalue weighted by molar-refractivity contribution is -0.141. The number of aliphatic carboxylic acids is 1. The minimum absolute atomic E-state index is 0.112. The molecule has 6 heteroatoms. The van der Waals surface area contributed by atoms with Crippen LogP contribution in [0.3, 0.4) is 0 Å². The molecular weight excluding hydrogens is 376 g/mol. The highest BCUT2D eigenvalue weighted by atomic mass is 35.5. The SMILES string of the molecule is CCCCCCCCCCCCN[C@@H](CC(=O)Nc1cccc(Cl)c1)C(=O)O. The normalized spacial score (nSPS) is 11.9. The molecule has 0 saturated heterocycles. The molecule has 0 fully saturated rings. The first kappa shape index (κ1) is 24.4. The molecule has 0 aromatic heterocycles. The van der Waals surface area contributed by atoms with Crippen LogP contribution < -0.4 is 10.6 Å². The Labute approximate surface area is 174 Å². The van der Waals surface area contributed by atoms with Crippen LogP contribution in [0.4, 0.5) is 5.69 Å². The standard InChI is InChI=1S/C22H35ClN2O3/c1-2-3-4-5-6-7-8-9-10-11-15-24-20(22(27)28)17-21(26)25-19-14-12-13-18(23)16-19/h12-14,16,20,24H,2-11,15,17H2,1H3,(H,25,26)(H,27,28)/t20-/m0/s1. The Balaban J connectivity index is 2.14. The van der Waals surface area contributed by atoms with E-state index in [1.54, 1.807) is 24.3 Å². The van der Waals surface area contributed by atoms with E-state index in [1.165, 1.54) is 51.4 Å². The Morgan fingerprint density at radius 2 is 1.61 bits per heavy atom. The molecule has 0 bridgehead atoms. The van der Waals surface area contributed by atoms with Crippen LogP contribution in [0.15, 0.2) is 24.3 Å². The number of anilines is 1. The summed E-state index contributed by atoms with van der Waals surface area (Å²) >= 11 is 5.88. The minimum atomic E-state index is -1.01. The van der Waals surface area contributed by atoms with Crippen molar-refractivity contribution in [2.75, 3.05) is 11.9 Å². The summed E-state index contributed by atoms with van der Waals surface area (Å²) in [7, 11) is 0. The van der Waals surface area contributed by atoms with E-state index in [4.69, 9.17) is 11.6 Å². The third-order valence-electron chi connectivity index (χ3n) is 4.72. The van der Waals surface area contributed by atoms with Crippen molar-refractivity contribution in [2.45, 2.75) is 83.6 Å². The maximum absolute atomic E-state index is 12.1. The zero-order valence-electron chi connectivity index (χ0n) is 17.0. The molecule has 1 amide bonds. The number of hydrogen-bond acceptors (Lipinski definition) is 3. The lowest BCUT2D eigenvalue weighted by Crippen LogP contribution is -2.40. The molecule has 5 nitrogen and oxygen atoms in total. The highest BCUT2D eigenvalue weighted by molar-refractivity contribution is 6.30. The van der Waals surface area contributed by atoms with Crippen LogP contribution in [0.1, 0.15) is 77.6 Å². The fourth-order valence-corrected chi connectivity index (χ4v) is 3.29. The number of halogens is 1. The van der Waals surface area contributed by atoms with E-state index in [0.29, 0.717) is 17.3 Å². The average Bonchev–Trinajstić information content (AvgIpc) is 2.65. The van der Waals surface area contributed by atoms with Crippen molar-refractivity contribution in [3.05, 3.63) is 29.3 Å². The van der Waals surface area contributed by atoms with Gasteiger partial charge in [-0.3, -0.25) is 9.59 Å². The van der Waals surface area contributed by atoms with Gasteiger partial charge in [0.15, 0.2) is 0 Å². The molecule has 0 heterocycles. The van der Waals surface area contributed by atoms with Gasteiger partial charge in [-0.2, -0.15) is 0 Å². The van der Waals surface area contributed by atoms with Gasteiger partial charge in [0.1, 0.15) is 6.04 Å². The smallest absolute Gasteiger partial charge is 0.321 e. The molecule has 28 heavy (non-hydrogen) atoms. The van der Waals surface area contributed by atoms with Crippen LogP contribution in [-0.4, -0.2) is 29.6 Å². The van der Waals surface area contributed by atoms with Crippen LogP contribution in [0, 0.1) is 0 Å². The van der Waals surface area contributed by atoms with E-state index >= 15 is 0 Å². The first-order chi connectivity index (χ1) is 13.5. The molecule has 1 rings (SSSR count). The minimum Gasteiger partial charge on any atom is -0.480 e. The van der Waals surface area contributed by atoms with Gasteiger partial charge in [-0.05, 0) is 31.2 Å². The van der Waals surface area contributed by atoms with E-state index in [0.717, 1.165) is 12.8 Å². The quantitative estimate of drug-likeness (QED) is 0.308. The second-order valence-corrected chi connectivity index (χ2v) is 7.73. The molecule has 0 aliphatic rings. The second-order valence-electron chi connectivity index (χ2n) is 7.29. The van der Waals surface area contributed by atoms with E-state index in [2.05, 4.69) is 17.6 Å². The maximum atomic E-state index is 12.1. The zero-order chi connectivity index (χ0) is 20.6. The van der Waals surface area contributed by atoms with Crippen molar-refractivity contribution in [2.24, 2.45) is 0 Å². The Hall–Kier alpha value is -1.59. The molecule has 0 aliphatic heterocycles. The Morgan fingerprint density at radius 3 is 2.18 bits per heavy atom. The summed E-state index contributed by atoms with van der Waals surface area (Å²) < 4.78 is 0. The average molecular weight is 411 g/mol. The number of unbranched alkanes of at least 4 members (excludes halogenated alkanes) is 9. The molecule has 3 N–H and O–H groups in total. The lowest BCUT2D eigenvalue weighted by atomic mass is 10.1. The van der Waals surface area contributed by atoms with Crippen LogP contribution in [0.2, 0.25) is 5.02 Å². The highest BCUT2D eigenvalue weighted by Gasteiger charge is 2.20. The Morgan fingerprint density at radius 1 is 1.00 bits per heavy atom. The van der Waals surface area contributed by atoms with Gasteiger partial charge in [0.05, 0.1) is 6.42 Å². The number of amides is 1. The van der Waals surface area contributed by atoms with Crippen LogP contribution >= 0.6 is 11.6 Å². The van der Waals surface area contributed by atoms with Gasteiger partial charge in [0.25, 0.3) is 0 Å². The van der Waals surface area contributed by atoms with Crippen LogP contribution in [0.5, 0.6) is 0 Å². The number of carbonyl (C=O) groups is 2. The van der Waals surface area contributed by atoms with Gasteiger partial charge in [-0.25, -0.2) is 0 Å². The summed E-state index contributed by atoms with van der Waals surface area (Å²) in [5.41, 5.74) is 0.566. The van der Waals surface area contributed by atoms with E-state index < -0.39 is 12.0 Å². The number of carboxylic acids is 1. The predicted molar refractivity (Wildman–Crippen MR) is 116 cm³/mol. The number of carboxylic acid groups (broad SMARTS) is 1. The topological polar surface area (TPSA) is 78.4 Å². The fraction of sp³-hybridized carbons (Fsp3) is 0.636. The number of benzene rings is 1. The molecule has 1 aromatic carbocycles. The molecule has 0 saturated carbocycles. The monoisotopic (exact) mass is 410 g/mol. The van der Waals surface area contributed by atoms with Gasteiger partial charge in [-0.15, -0.1) is 0 Å². The Bertz CT molecular complexity index is 581. The van der Waals surface area contributed by atoms with Gasteiger partial charge < -0.3 is 15.7 Å². The number of carbonyl (C=O) groups excluding carboxylic acids is 1. The van der Waals surface area contributed by atoms with Gasteiger partial charge in [0, 0.05) is 10.7 Å². The number of nitrogens with one attached hydrogen (secondary N) is 2. The third kappa shape index (κ3) is 12.0. The molecule has 1 atom stereocenters. The molecule has 0 unspecified atom stereocenters. The summed E-state index contributed by atoms with van der Waals surface area (Å²) in [6, 6.07) is 5.92. The fourth-order valence-electron chi connectivity index (χ4n) is 3.10. The van der Waals surface area contributed by atoms with Crippen molar-refractivity contribution in [3.8, 4) is 0 Å². The van der Waals surface area contributed by atoms with Crippen molar-refractivity contribution in [1.82, 2.24) is 5.32 Å². The summed E-state index contributed by atoms with van der Waals surface area (Å²) in [5.74, 6) is -1.35. The second kappa shape index (κ2) is 15.3. The summed E-state index contributed by atoms with van der Waals surface area (Å²) in [6.45, 7) is 2.84.